The predicted octanol–water partition coefficient (Wildman–Crippen LogP) is 5.10. The second kappa shape index (κ2) is 6.37. The smallest absolute Gasteiger partial charge is 0.183 e. The number of rotatable bonds is 5. The number of anilines is 1. The molecule has 0 fully saturated rings. The lowest BCUT2D eigenvalue weighted by molar-refractivity contribution is 0.862. The van der Waals surface area contributed by atoms with Gasteiger partial charge >= 0.3 is 0 Å². The monoisotopic (exact) mass is 346 g/mol. The van der Waals surface area contributed by atoms with Crippen molar-refractivity contribution in [3.05, 3.63) is 58.6 Å². The van der Waals surface area contributed by atoms with Gasteiger partial charge in [-0.2, -0.15) is 0 Å². The van der Waals surface area contributed by atoms with Gasteiger partial charge in [0.2, 0.25) is 0 Å². The normalized spacial score (nSPS) is 10.8. The molecule has 0 atom stereocenters. The lowest BCUT2D eigenvalue weighted by atomic mass is 10.1. The second-order valence-electron chi connectivity index (χ2n) is 4.65. The van der Waals surface area contributed by atoms with E-state index in [4.69, 9.17) is 0 Å². The van der Waals surface area contributed by atoms with Crippen molar-refractivity contribution in [2.75, 3.05) is 11.9 Å². The Bertz CT molecular complexity index is 694. The van der Waals surface area contributed by atoms with E-state index in [1.54, 1.807) is 11.3 Å². The minimum absolute atomic E-state index is 0.954. The number of halogens is 1. The maximum atomic E-state index is 4.58. The van der Waals surface area contributed by atoms with Gasteiger partial charge in [0.05, 0.1) is 10.2 Å². The van der Waals surface area contributed by atoms with Crippen molar-refractivity contribution in [2.24, 2.45) is 0 Å². The zero-order chi connectivity index (χ0) is 13.8. The van der Waals surface area contributed by atoms with Gasteiger partial charge < -0.3 is 5.32 Å². The van der Waals surface area contributed by atoms with Gasteiger partial charge in [0.15, 0.2) is 5.13 Å². The average molecular weight is 347 g/mol. The summed E-state index contributed by atoms with van der Waals surface area (Å²) < 4.78 is 2.31. The van der Waals surface area contributed by atoms with Gasteiger partial charge in [-0.15, -0.1) is 0 Å². The molecule has 1 N–H and O–H groups in total. The van der Waals surface area contributed by atoms with Gasteiger partial charge in [-0.1, -0.05) is 57.6 Å². The van der Waals surface area contributed by atoms with Crippen LogP contribution in [0.5, 0.6) is 0 Å². The van der Waals surface area contributed by atoms with Crippen molar-refractivity contribution < 1.29 is 0 Å². The summed E-state index contributed by atoms with van der Waals surface area (Å²) in [5.41, 5.74) is 2.45. The molecule has 2 nitrogen and oxygen atoms in total. The number of fused-ring (bicyclic) bond motifs is 1. The number of benzene rings is 2. The van der Waals surface area contributed by atoms with Crippen LogP contribution in [-0.4, -0.2) is 11.5 Å². The Morgan fingerprint density at radius 1 is 1.10 bits per heavy atom. The number of aryl methyl sites for hydroxylation is 1. The van der Waals surface area contributed by atoms with Gasteiger partial charge in [0.25, 0.3) is 0 Å². The van der Waals surface area contributed by atoms with Crippen LogP contribution in [0.3, 0.4) is 0 Å². The minimum atomic E-state index is 0.954. The fourth-order valence-electron chi connectivity index (χ4n) is 2.11. The molecule has 0 saturated carbocycles. The maximum Gasteiger partial charge on any atom is 0.183 e. The number of hydrogen-bond acceptors (Lipinski definition) is 3. The van der Waals surface area contributed by atoms with Gasteiger partial charge in [-0.25, -0.2) is 4.98 Å². The molecule has 1 heterocycles. The van der Waals surface area contributed by atoms with Gasteiger partial charge in [-0.05, 0) is 36.6 Å². The standard InChI is InChI=1S/C16H15BrN2S/c17-13-8-9-14-15(11-13)20-16(19-14)18-10-4-7-12-5-2-1-3-6-12/h1-3,5-6,8-9,11H,4,7,10H2,(H,18,19). The van der Waals surface area contributed by atoms with E-state index in [1.807, 2.05) is 12.1 Å². The van der Waals surface area contributed by atoms with E-state index < -0.39 is 0 Å². The Hall–Kier alpha value is -1.39. The van der Waals surface area contributed by atoms with Crippen molar-refractivity contribution in [3.63, 3.8) is 0 Å². The molecule has 3 rings (SSSR count). The summed E-state index contributed by atoms with van der Waals surface area (Å²) in [6.45, 7) is 0.954. The third-order valence-corrected chi connectivity index (χ3v) is 4.58. The van der Waals surface area contributed by atoms with E-state index in [1.165, 1.54) is 10.3 Å². The Balaban J connectivity index is 1.55. The number of nitrogens with zero attached hydrogens (tertiary/aromatic N) is 1. The van der Waals surface area contributed by atoms with Crippen LogP contribution in [0.1, 0.15) is 12.0 Å². The first-order chi connectivity index (χ1) is 9.81. The maximum absolute atomic E-state index is 4.58. The Labute approximate surface area is 131 Å². The Morgan fingerprint density at radius 3 is 2.80 bits per heavy atom. The fourth-order valence-corrected chi connectivity index (χ4v) is 3.55. The molecule has 0 aliphatic carbocycles. The summed E-state index contributed by atoms with van der Waals surface area (Å²) in [6.07, 6.45) is 2.22. The third kappa shape index (κ3) is 3.38. The lowest BCUT2D eigenvalue weighted by Gasteiger charge is -2.02. The first kappa shape index (κ1) is 13.6. The molecule has 1 aromatic heterocycles. The zero-order valence-corrected chi connectivity index (χ0v) is 13.4. The summed E-state index contributed by atoms with van der Waals surface area (Å²) in [7, 11) is 0. The molecule has 0 aliphatic rings. The average Bonchev–Trinajstić information content (AvgIpc) is 2.86. The molecule has 0 unspecified atom stereocenters. The number of nitrogens with one attached hydrogen (secondary N) is 1. The van der Waals surface area contributed by atoms with Crippen molar-refractivity contribution in [3.8, 4) is 0 Å². The first-order valence-corrected chi connectivity index (χ1v) is 8.26. The van der Waals surface area contributed by atoms with Crippen molar-refractivity contribution in [1.29, 1.82) is 0 Å². The highest BCUT2D eigenvalue weighted by Gasteiger charge is 2.03. The topological polar surface area (TPSA) is 24.9 Å². The fraction of sp³-hybridized carbons (Fsp3) is 0.188. The Kier molecular flexibility index (Phi) is 4.33. The molecule has 102 valence electrons. The summed E-state index contributed by atoms with van der Waals surface area (Å²) in [6, 6.07) is 16.8. The van der Waals surface area contributed by atoms with Crippen LogP contribution in [0, 0.1) is 0 Å². The summed E-state index contributed by atoms with van der Waals surface area (Å²) >= 11 is 5.20. The molecule has 20 heavy (non-hydrogen) atoms. The first-order valence-electron chi connectivity index (χ1n) is 6.65. The van der Waals surface area contributed by atoms with Crippen LogP contribution in [-0.2, 0) is 6.42 Å². The second-order valence-corrected chi connectivity index (χ2v) is 6.59. The molecule has 0 saturated heterocycles. The van der Waals surface area contributed by atoms with Crippen LogP contribution >= 0.6 is 27.3 Å². The minimum Gasteiger partial charge on any atom is -0.361 e. The Morgan fingerprint density at radius 2 is 1.95 bits per heavy atom. The van der Waals surface area contributed by atoms with E-state index in [2.05, 4.69) is 62.6 Å². The van der Waals surface area contributed by atoms with Crippen LogP contribution in [0.15, 0.2) is 53.0 Å². The SMILES string of the molecule is Brc1ccc2nc(NCCCc3ccccc3)sc2c1. The van der Waals surface area contributed by atoms with Crippen molar-refractivity contribution >= 4 is 42.6 Å². The summed E-state index contributed by atoms with van der Waals surface area (Å²) in [5, 5.41) is 4.42. The quantitative estimate of drug-likeness (QED) is 0.649. The van der Waals surface area contributed by atoms with Gasteiger partial charge in [0, 0.05) is 11.0 Å². The largest absolute Gasteiger partial charge is 0.361 e. The summed E-state index contributed by atoms with van der Waals surface area (Å²) in [5.74, 6) is 0. The highest BCUT2D eigenvalue weighted by molar-refractivity contribution is 9.10. The molecule has 0 spiro atoms. The number of hydrogen-bond donors (Lipinski definition) is 1. The number of aromatic nitrogens is 1. The van der Waals surface area contributed by atoms with Gasteiger partial charge in [-0.3, -0.25) is 0 Å². The van der Waals surface area contributed by atoms with Crippen LogP contribution < -0.4 is 5.32 Å². The van der Waals surface area contributed by atoms with Crippen LogP contribution in [0.2, 0.25) is 0 Å². The molecule has 4 heteroatoms. The van der Waals surface area contributed by atoms with Crippen LogP contribution in [0.25, 0.3) is 10.2 Å². The molecular formula is C16H15BrN2S. The zero-order valence-electron chi connectivity index (χ0n) is 11.0. The molecule has 0 aliphatic heterocycles. The third-order valence-electron chi connectivity index (χ3n) is 3.11. The van der Waals surface area contributed by atoms with Crippen LogP contribution in [0.4, 0.5) is 5.13 Å². The molecule has 0 amide bonds. The molecule has 2 aromatic carbocycles. The summed E-state index contributed by atoms with van der Waals surface area (Å²) in [4.78, 5) is 4.58. The van der Waals surface area contributed by atoms with Gasteiger partial charge in [0.1, 0.15) is 0 Å². The molecule has 0 radical (unpaired) electrons. The lowest BCUT2D eigenvalue weighted by Crippen LogP contribution is -2.02. The highest BCUT2D eigenvalue weighted by Crippen LogP contribution is 2.28. The molecule has 3 aromatic rings. The van der Waals surface area contributed by atoms with Crippen molar-refractivity contribution in [1.82, 2.24) is 4.98 Å². The van der Waals surface area contributed by atoms with E-state index in [0.717, 1.165) is 34.5 Å². The molecule has 0 bridgehead atoms. The predicted molar refractivity (Wildman–Crippen MR) is 90.6 cm³/mol. The molecular weight excluding hydrogens is 332 g/mol. The van der Waals surface area contributed by atoms with E-state index in [0.29, 0.717) is 0 Å². The van der Waals surface area contributed by atoms with E-state index in [-0.39, 0.29) is 0 Å². The van der Waals surface area contributed by atoms with E-state index >= 15 is 0 Å². The van der Waals surface area contributed by atoms with E-state index in [9.17, 15) is 0 Å². The highest BCUT2D eigenvalue weighted by atomic mass is 79.9. The van der Waals surface area contributed by atoms with Crippen molar-refractivity contribution in [2.45, 2.75) is 12.8 Å². The number of thiazole rings is 1.